The smallest absolute Gasteiger partial charge is 0.252 e. The van der Waals surface area contributed by atoms with Gasteiger partial charge in [-0.3, -0.25) is 9.78 Å². The molecule has 8 nitrogen and oxygen atoms in total. The van der Waals surface area contributed by atoms with E-state index >= 15 is 0 Å². The van der Waals surface area contributed by atoms with Crippen molar-refractivity contribution < 1.29 is 14.3 Å². The Morgan fingerprint density at radius 1 is 1.13 bits per heavy atom. The molecule has 0 unspecified atom stereocenters. The average Bonchev–Trinajstić information content (AvgIpc) is 2.76. The van der Waals surface area contributed by atoms with Crippen LogP contribution < -0.4 is 20.7 Å². The highest BCUT2D eigenvalue weighted by atomic mass is 16.5. The molecule has 162 valence electrons. The lowest BCUT2D eigenvalue weighted by Gasteiger charge is -2.14. The van der Waals surface area contributed by atoms with Gasteiger partial charge in [0.25, 0.3) is 5.91 Å². The molecule has 1 heterocycles. The maximum atomic E-state index is 12.1. The molecule has 0 saturated heterocycles. The largest absolute Gasteiger partial charge is 0.491 e. The minimum atomic E-state index is -0.149. The number of methoxy groups -OCH3 is 1. The van der Waals surface area contributed by atoms with E-state index in [0.717, 1.165) is 23.4 Å². The summed E-state index contributed by atoms with van der Waals surface area (Å²) < 4.78 is 10.9. The first kappa shape index (κ1) is 23.2. The summed E-state index contributed by atoms with van der Waals surface area (Å²) in [5.74, 6) is 1.34. The lowest BCUT2D eigenvalue weighted by molar-refractivity contribution is 0.0954. The number of nitrogens with zero attached hydrogens (tertiary/aromatic N) is 2. The molecule has 0 radical (unpaired) electrons. The van der Waals surface area contributed by atoms with Gasteiger partial charge < -0.3 is 25.4 Å². The first-order valence-electron chi connectivity index (χ1n) is 10.1. The molecule has 1 aromatic carbocycles. The Kier molecular flexibility index (Phi) is 10.2. The number of hydrogen-bond acceptors (Lipinski definition) is 5. The van der Waals surface area contributed by atoms with Crippen LogP contribution in [0, 0.1) is 6.92 Å². The number of carbonyl (C=O) groups is 1. The summed E-state index contributed by atoms with van der Waals surface area (Å²) in [6, 6.07) is 9.55. The van der Waals surface area contributed by atoms with Crippen molar-refractivity contribution in [3.8, 4) is 5.75 Å². The third kappa shape index (κ3) is 8.08. The monoisotopic (exact) mass is 413 g/mol. The van der Waals surface area contributed by atoms with Gasteiger partial charge in [0.15, 0.2) is 5.96 Å². The van der Waals surface area contributed by atoms with Crippen LogP contribution in [0.15, 0.2) is 47.7 Å². The van der Waals surface area contributed by atoms with Crippen LogP contribution >= 0.6 is 0 Å². The van der Waals surface area contributed by atoms with Gasteiger partial charge in [-0.1, -0.05) is 12.1 Å². The molecule has 0 atom stereocenters. The summed E-state index contributed by atoms with van der Waals surface area (Å²) in [6.07, 6.45) is 3.18. The van der Waals surface area contributed by atoms with Gasteiger partial charge in [0.2, 0.25) is 0 Å². The number of guanidine groups is 1. The fourth-order valence-electron chi connectivity index (χ4n) is 2.62. The van der Waals surface area contributed by atoms with E-state index in [2.05, 4.69) is 25.9 Å². The Morgan fingerprint density at radius 3 is 2.70 bits per heavy atom. The molecule has 2 aromatic rings. The highest BCUT2D eigenvalue weighted by Crippen LogP contribution is 2.21. The first-order chi connectivity index (χ1) is 14.6. The Balaban J connectivity index is 1.88. The molecule has 2 rings (SSSR count). The predicted octanol–water partition coefficient (Wildman–Crippen LogP) is 1.90. The van der Waals surface area contributed by atoms with Crippen LogP contribution in [0.3, 0.4) is 0 Å². The van der Waals surface area contributed by atoms with E-state index in [1.807, 2.05) is 32.0 Å². The Labute approximate surface area is 178 Å². The summed E-state index contributed by atoms with van der Waals surface area (Å²) in [5.41, 5.74) is 2.67. The third-order valence-corrected chi connectivity index (χ3v) is 4.15. The normalized spacial score (nSPS) is 11.1. The van der Waals surface area contributed by atoms with Crippen LogP contribution in [0.25, 0.3) is 0 Å². The number of aliphatic imine (C=N–C) groups is 1. The lowest BCUT2D eigenvalue weighted by atomic mass is 10.1. The number of carbonyl (C=O) groups excluding carboxylic acids is 1. The molecule has 30 heavy (non-hydrogen) atoms. The number of hydrogen-bond donors (Lipinski definition) is 3. The lowest BCUT2D eigenvalue weighted by Crippen LogP contribution is -2.41. The van der Waals surface area contributed by atoms with Crippen molar-refractivity contribution in [2.45, 2.75) is 20.4 Å². The zero-order chi connectivity index (χ0) is 21.6. The average molecular weight is 414 g/mol. The van der Waals surface area contributed by atoms with Gasteiger partial charge in [-0.25, -0.2) is 4.99 Å². The minimum absolute atomic E-state index is 0.149. The molecular formula is C22H31N5O3. The summed E-state index contributed by atoms with van der Waals surface area (Å²) in [7, 11) is 1.65. The Morgan fingerprint density at radius 2 is 1.97 bits per heavy atom. The predicted molar refractivity (Wildman–Crippen MR) is 118 cm³/mol. The Bertz CT molecular complexity index is 812. The molecule has 3 N–H and O–H groups in total. The van der Waals surface area contributed by atoms with Crippen LogP contribution in [0.4, 0.5) is 0 Å². The van der Waals surface area contributed by atoms with E-state index < -0.39 is 0 Å². The SMILES string of the molecule is CCNC(=NCc1ccc(C)cc1OCCOC)NCCNC(=O)c1cccnc1. The fourth-order valence-corrected chi connectivity index (χ4v) is 2.62. The number of aryl methyl sites for hydroxylation is 1. The molecular weight excluding hydrogens is 382 g/mol. The maximum Gasteiger partial charge on any atom is 0.252 e. The molecule has 0 bridgehead atoms. The van der Waals surface area contributed by atoms with E-state index in [-0.39, 0.29) is 5.91 Å². The highest BCUT2D eigenvalue weighted by molar-refractivity contribution is 5.93. The van der Waals surface area contributed by atoms with E-state index in [1.165, 1.54) is 0 Å². The standard InChI is InChI=1S/C22H31N5O3/c1-4-24-22(26-11-10-25-21(28)19-6-5-9-23-15-19)27-16-18-8-7-17(2)14-20(18)30-13-12-29-3/h5-9,14-15H,4,10-13,16H2,1-3H3,(H,25,28)(H2,24,26,27). The molecule has 0 fully saturated rings. The minimum Gasteiger partial charge on any atom is -0.491 e. The number of aromatic nitrogens is 1. The van der Waals surface area contributed by atoms with Crippen molar-refractivity contribution in [1.82, 2.24) is 20.9 Å². The van der Waals surface area contributed by atoms with Gasteiger partial charge in [0.1, 0.15) is 12.4 Å². The number of amides is 1. The summed E-state index contributed by atoms with van der Waals surface area (Å²) in [4.78, 5) is 20.6. The van der Waals surface area contributed by atoms with E-state index in [1.54, 1.807) is 31.6 Å². The van der Waals surface area contributed by atoms with Gasteiger partial charge >= 0.3 is 0 Å². The summed E-state index contributed by atoms with van der Waals surface area (Å²) in [6.45, 7) is 7.28. The molecule has 0 aliphatic carbocycles. The number of rotatable bonds is 11. The van der Waals surface area contributed by atoms with Crippen molar-refractivity contribution in [3.63, 3.8) is 0 Å². The number of ether oxygens (including phenoxy) is 2. The molecule has 1 amide bonds. The van der Waals surface area contributed by atoms with Crippen LogP contribution in [0.5, 0.6) is 5.75 Å². The topological polar surface area (TPSA) is 96.9 Å². The molecule has 0 aliphatic heterocycles. The number of pyridine rings is 1. The Hall–Kier alpha value is -3.13. The van der Waals surface area contributed by atoms with Crippen LogP contribution in [-0.2, 0) is 11.3 Å². The zero-order valence-corrected chi connectivity index (χ0v) is 17.9. The van der Waals surface area contributed by atoms with Gasteiger partial charge in [-0.15, -0.1) is 0 Å². The van der Waals surface area contributed by atoms with Crippen LogP contribution in [0.2, 0.25) is 0 Å². The summed E-state index contributed by atoms with van der Waals surface area (Å²) >= 11 is 0. The van der Waals surface area contributed by atoms with Crippen molar-refractivity contribution in [1.29, 1.82) is 0 Å². The molecule has 1 aromatic heterocycles. The second-order valence-corrected chi connectivity index (χ2v) is 6.57. The van der Waals surface area contributed by atoms with Crippen molar-refractivity contribution >= 4 is 11.9 Å². The van der Waals surface area contributed by atoms with Gasteiger partial charge in [-0.05, 0) is 37.6 Å². The van der Waals surface area contributed by atoms with Gasteiger partial charge in [0, 0.05) is 44.7 Å². The molecule has 8 heteroatoms. The number of benzene rings is 1. The van der Waals surface area contributed by atoms with E-state index in [0.29, 0.717) is 44.4 Å². The maximum absolute atomic E-state index is 12.1. The highest BCUT2D eigenvalue weighted by Gasteiger charge is 2.06. The second kappa shape index (κ2) is 13.2. The molecule has 0 aliphatic rings. The fraction of sp³-hybridized carbons (Fsp3) is 0.409. The van der Waals surface area contributed by atoms with E-state index in [4.69, 9.17) is 9.47 Å². The van der Waals surface area contributed by atoms with Crippen molar-refractivity contribution in [2.75, 3.05) is 40.0 Å². The molecule has 0 saturated carbocycles. The van der Waals surface area contributed by atoms with Crippen molar-refractivity contribution in [2.24, 2.45) is 4.99 Å². The van der Waals surface area contributed by atoms with Crippen LogP contribution in [0.1, 0.15) is 28.4 Å². The van der Waals surface area contributed by atoms with Crippen molar-refractivity contribution in [3.05, 3.63) is 59.4 Å². The van der Waals surface area contributed by atoms with Gasteiger partial charge in [0.05, 0.1) is 18.7 Å². The first-order valence-corrected chi connectivity index (χ1v) is 10.1. The number of nitrogens with one attached hydrogen (secondary N) is 3. The molecule has 0 spiro atoms. The third-order valence-electron chi connectivity index (χ3n) is 4.15. The van der Waals surface area contributed by atoms with Crippen LogP contribution in [-0.4, -0.2) is 56.8 Å². The quantitative estimate of drug-likeness (QED) is 0.296. The van der Waals surface area contributed by atoms with E-state index in [9.17, 15) is 4.79 Å². The second-order valence-electron chi connectivity index (χ2n) is 6.57. The zero-order valence-electron chi connectivity index (χ0n) is 17.9. The van der Waals surface area contributed by atoms with Gasteiger partial charge in [-0.2, -0.15) is 0 Å². The summed E-state index contributed by atoms with van der Waals surface area (Å²) in [5, 5.41) is 9.30.